The molecule has 0 saturated heterocycles. The molecule has 0 aliphatic heterocycles. The summed E-state index contributed by atoms with van der Waals surface area (Å²) in [6.45, 7) is 1.85. The molecule has 158 valence electrons. The highest BCUT2D eigenvalue weighted by Crippen LogP contribution is 2.31. The Kier molecular flexibility index (Phi) is 5.43. The third-order valence-electron chi connectivity index (χ3n) is 4.94. The number of furan rings is 1. The van der Waals surface area contributed by atoms with E-state index in [1.165, 1.54) is 11.8 Å². The number of nitrogens with one attached hydrogen (secondary N) is 1. The third kappa shape index (κ3) is 3.88. The van der Waals surface area contributed by atoms with E-state index in [0.717, 1.165) is 22.3 Å². The topological polar surface area (TPSA) is 85.8 Å². The Morgan fingerprint density at radius 3 is 2.69 bits per heavy atom. The molecule has 0 fully saturated rings. The van der Waals surface area contributed by atoms with Gasteiger partial charge in [-0.2, -0.15) is 0 Å². The van der Waals surface area contributed by atoms with Crippen molar-refractivity contribution in [1.29, 1.82) is 0 Å². The average Bonchev–Trinajstić information content (AvgIpc) is 3.50. The van der Waals surface area contributed by atoms with Crippen LogP contribution in [0.2, 0.25) is 0 Å². The standard InChI is InChI=1S/C24H19N5O2S/c1-16(23(30)26-20-12-5-11-19-18(20)10-6-14-25-19)32-24-28-27-22(21-13-7-15-31-21)29(24)17-8-3-2-4-9-17/h2-16H,1H3,(H,26,30). The van der Waals surface area contributed by atoms with E-state index in [9.17, 15) is 4.79 Å². The van der Waals surface area contributed by atoms with Crippen LogP contribution in [0.3, 0.4) is 0 Å². The number of rotatable bonds is 6. The summed E-state index contributed by atoms with van der Waals surface area (Å²) in [4.78, 5) is 17.4. The van der Waals surface area contributed by atoms with E-state index in [1.54, 1.807) is 18.5 Å². The van der Waals surface area contributed by atoms with Gasteiger partial charge >= 0.3 is 0 Å². The highest BCUT2D eigenvalue weighted by atomic mass is 32.2. The number of thioether (sulfide) groups is 1. The normalized spacial score (nSPS) is 12.0. The average molecular weight is 442 g/mol. The molecule has 3 aromatic heterocycles. The van der Waals surface area contributed by atoms with Crippen LogP contribution in [0.1, 0.15) is 6.92 Å². The predicted octanol–water partition coefficient (Wildman–Crippen LogP) is 5.19. The number of nitrogens with zero attached hydrogens (tertiary/aromatic N) is 4. The minimum absolute atomic E-state index is 0.131. The molecule has 0 aliphatic carbocycles. The summed E-state index contributed by atoms with van der Waals surface area (Å²) in [5.74, 6) is 1.05. The van der Waals surface area contributed by atoms with E-state index >= 15 is 0 Å². The summed E-state index contributed by atoms with van der Waals surface area (Å²) < 4.78 is 7.45. The molecule has 1 atom stereocenters. The Balaban J connectivity index is 1.43. The number of carbonyl (C=O) groups excluding carboxylic acids is 1. The lowest BCUT2D eigenvalue weighted by molar-refractivity contribution is -0.115. The van der Waals surface area contributed by atoms with Crippen LogP contribution in [0.15, 0.2) is 94.8 Å². The van der Waals surface area contributed by atoms with Crippen LogP contribution in [-0.2, 0) is 4.79 Å². The molecule has 32 heavy (non-hydrogen) atoms. The van der Waals surface area contributed by atoms with Gasteiger partial charge in [-0.15, -0.1) is 10.2 Å². The van der Waals surface area contributed by atoms with Crippen LogP contribution in [0.5, 0.6) is 0 Å². The number of pyridine rings is 1. The smallest absolute Gasteiger partial charge is 0.237 e. The zero-order chi connectivity index (χ0) is 21.9. The van der Waals surface area contributed by atoms with Crippen molar-refractivity contribution in [2.24, 2.45) is 0 Å². The summed E-state index contributed by atoms with van der Waals surface area (Å²) >= 11 is 1.34. The second-order valence-corrected chi connectivity index (χ2v) is 8.39. The first-order valence-corrected chi connectivity index (χ1v) is 10.9. The highest BCUT2D eigenvalue weighted by molar-refractivity contribution is 8.00. The molecule has 5 aromatic rings. The Hall–Kier alpha value is -3.91. The van der Waals surface area contributed by atoms with E-state index in [4.69, 9.17) is 4.42 Å². The first-order valence-electron chi connectivity index (χ1n) is 10.1. The van der Waals surface area contributed by atoms with Crippen LogP contribution in [-0.4, -0.2) is 30.9 Å². The molecule has 5 rings (SSSR count). The first kappa shape index (κ1) is 20.0. The van der Waals surface area contributed by atoms with Crippen molar-refractivity contribution in [3.8, 4) is 17.3 Å². The van der Waals surface area contributed by atoms with E-state index in [0.29, 0.717) is 16.7 Å². The Morgan fingerprint density at radius 1 is 1.00 bits per heavy atom. The van der Waals surface area contributed by atoms with Gasteiger partial charge in [-0.3, -0.25) is 14.3 Å². The van der Waals surface area contributed by atoms with E-state index in [2.05, 4.69) is 20.5 Å². The van der Waals surface area contributed by atoms with Gasteiger partial charge < -0.3 is 9.73 Å². The second-order valence-electron chi connectivity index (χ2n) is 7.08. The van der Waals surface area contributed by atoms with Gasteiger partial charge in [0.05, 0.1) is 22.7 Å². The van der Waals surface area contributed by atoms with Crippen molar-refractivity contribution in [3.05, 3.63) is 85.3 Å². The lowest BCUT2D eigenvalue weighted by Crippen LogP contribution is -2.23. The molecule has 1 N–H and O–H groups in total. The van der Waals surface area contributed by atoms with Crippen LogP contribution in [0, 0.1) is 0 Å². The number of aromatic nitrogens is 4. The molecule has 7 nitrogen and oxygen atoms in total. The van der Waals surface area contributed by atoms with Crippen LogP contribution in [0.4, 0.5) is 5.69 Å². The molecule has 1 amide bonds. The number of carbonyl (C=O) groups is 1. The molecular formula is C24H19N5O2S. The minimum Gasteiger partial charge on any atom is -0.461 e. The maximum atomic E-state index is 13.0. The molecule has 0 saturated carbocycles. The molecule has 0 bridgehead atoms. The summed E-state index contributed by atoms with van der Waals surface area (Å²) in [5, 5.41) is 12.8. The Labute approximate surface area is 188 Å². The van der Waals surface area contributed by atoms with Crippen molar-refractivity contribution in [2.75, 3.05) is 5.32 Å². The summed E-state index contributed by atoms with van der Waals surface area (Å²) in [6.07, 6.45) is 3.33. The van der Waals surface area contributed by atoms with Gasteiger partial charge in [0.25, 0.3) is 0 Å². The number of hydrogen-bond donors (Lipinski definition) is 1. The van der Waals surface area contributed by atoms with Gasteiger partial charge in [0.2, 0.25) is 11.7 Å². The van der Waals surface area contributed by atoms with Gasteiger partial charge in [0.1, 0.15) is 0 Å². The van der Waals surface area contributed by atoms with Crippen molar-refractivity contribution >= 4 is 34.3 Å². The predicted molar refractivity (Wildman–Crippen MR) is 125 cm³/mol. The molecule has 0 radical (unpaired) electrons. The van der Waals surface area contributed by atoms with Crippen molar-refractivity contribution in [2.45, 2.75) is 17.3 Å². The fourth-order valence-electron chi connectivity index (χ4n) is 3.38. The number of hydrogen-bond acceptors (Lipinski definition) is 6. The number of fused-ring (bicyclic) bond motifs is 1. The number of para-hydroxylation sites is 1. The van der Waals surface area contributed by atoms with E-state index in [1.807, 2.05) is 78.2 Å². The third-order valence-corrected chi connectivity index (χ3v) is 5.99. The second kappa shape index (κ2) is 8.68. The number of anilines is 1. The van der Waals surface area contributed by atoms with Crippen molar-refractivity contribution in [3.63, 3.8) is 0 Å². The van der Waals surface area contributed by atoms with Crippen LogP contribution in [0.25, 0.3) is 28.2 Å². The SMILES string of the molecule is CC(Sc1nnc(-c2ccco2)n1-c1ccccc1)C(=O)Nc1cccc2ncccc12. The monoisotopic (exact) mass is 441 g/mol. The van der Waals surface area contributed by atoms with E-state index < -0.39 is 5.25 Å². The quantitative estimate of drug-likeness (QED) is 0.365. The number of benzene rings is 2. The molecular weight excluding hydrogens is 422 g/mol. The lowest BCUT2D eigenvalue weighted by Gasteiger charge is -2.14. The molecule has 8 heteroatoms. The Bertz CT molecular complexity index is 1360. The van der Waals surface area contributed by atoms with Crippen LogP contribution < -0.4 is 5.32 Å². The van der Waals surface area contributed by atoms with Gasteiger partial charge in [0, 0.05) is 17.3 Å². The first-order chi connectivity index (χ1) is 15.7. The maximum absolute atomic E-state index is 13.0. The highest BCUT2D eigenvalue weighted by Gasteiger charge is 2.23. The fourth-order valence-corrected chi connectivity index (χ4v) is 4.25. The fraction of sp³-hybridized carbons (Fsp3) is 0.0833. The van der Waals surface area contributed by atoms with Gasteiger partial charge in [-0.1, -0.05) is 36.0 Å². The zero-order valence-corrected chi connectivity index (χ0v) is 18.0. The largest absolute Gasteiger partial charge is 0.461 e. The maximum Gasteiger partial charge on any atom is 0.237 e. The van der Waals surface area contributed by atoms with Crippen LogP contribution >= 0.6 is 11.8 Å². The summed E-state index contributed by atoms with van der Waals surface area (Å²) in [6, 6.07) is 22.9. The zero-order valence-electron chi connectivity index (χ0n) is 17.2. The lowest BCUT2D eigenvalue weighted by atomic mass is 10.2. The Morgan fingerprint density at radius 2 is 1.88 bits per heavy atom. The van der Waals surface area contributed by atoms with Gasteiger partial charge in [-0.25, -0.2) is 0 Å². The number of amides is 1. The molecule has 0 spiro atoms. The summed E-state index contributed by atoms with van der Waals surface area (Å²) in [5.41, 5.74) is 2.45. The molecule has 3 heterocycles. The van der Waals surface area contributed by atoms with Gasteiger partial charge in [-0.05, 0) is 55.5 Å². The van der Waals surface area contributed by atoms with Crippen molar-refractivity contribution < 1.29 is 9.21 Å². The molecule has 0 aliphatic rings. The molecule has 1 unspecified atom stereocenters. The summed E-state index contributed by atoms with van der Waals surface area (Å²) in [7, 11) is 0. The minimum atomic E-state index is -0.418. The van der Waals surface area contributed by atoms with Gasteiger partial charge in [0.15, 0.2) is 10.9 Å². The van der Waals surface area contributed by atoms with Crippen molar-refractivity contribution in [1.82, 2.24) is 19.7 Å². The van der Waals surface area contributed by atoms with E-state index in [-0.39, 0.29) is 5.91 Å². The molecule has 2 aromatic carbocycles.